The van der Waals surface area contributed by atoms with Crippen molar-refractivity contribution < 1.29 is 23.9 Å². The van der Waals surface area contributed by atoms with Crippen LogP contribution in [-0.4, -0.2) is 30.6 Å². The normalized spacial score (nSPS) is 10.3. The Bertz CT molecular complexity index is 796. The fourth-order valence-electron chi connectivity index (χ4n) is 2.18. The molecule has 0 saturated carbocycles. The minimum atomic E-state index is -0.551. The molecule has 6 nitrogen and oxygen atoms in total. The van der Waals surface area contributed by atoms with Gasteiger partial charge in [0, 0.05) is 5.69 Å². The minimum Gasteiger partial charge on any atom is -0.459 e. The summed E-state index contributed by atoms with van der Waals surface area (Å²) in [6.07, 6.45) is -0.204. The molecule has 0 aliphatic rings. The maximum absolute atomic E-state index is 12.0. The molecule has 0 aliphatic carbocycles. The van der Waals surface area contributed by atoms with Gasteiger partial charge in [-0.3, -0.25) is 4.79 Å². The summed E-state index contributed by atoms with van der Waals surface area (Å²) >= 11 is 0. The van der Waals surface area contributed by atoms with Crippen molar-refractivity contribution >= 4 is 23.5 Å². The highest BCUT2D eigenvalue weighted by Crippen LogP contribution is 2.12. The molecule has 6 heteroatoms. The van der Waals surface area contributed by atoms with E-state index in [2.05, 4.69) is 5.32 Å². The Kier molecular flexibility index (Phi) is 6.49. The molecule has 0 aromatic heterocycles. The zero-order chi connectivity index (χ0) is 19.1. The summed E-state index contributed by atoms with van der Waals surface area (Å²) in [6, 6.07) is 13.3. The van der Waals surface area contributed by atoms with Crippen molar-refractivity contribution in [2.45, 2.75) is 26.9 Å². The first-order valence-corrected chi connectivity index (χ1v) is 8.20. The van der Waals surface area contributed by atoms with Crippen LogP contribution in [-0.2, 0) is 14.3 Å². The maximum atomic E-state index is 12.0. The molecule has 0 radical (unpaired) electrons. The van der Waals surface area contributed by atoms with Gasteiger partial charge in [0.25, 0.3) is 5.91 Å². The highest BCUT2D eigenvalue weighted by molar-refractivity contribution is 5.96. The largest absolute Gasteiger partial charge is 0.459 e. The number of ether oxygens (including phenoxy) is 2. The predicted octanol–water partition coefficient (Wildman–Crippen LogP) is 3.36. The van der Waals surface area contributed by atoms with Crippen LogP contribution in [0.25, 0.3) is 0 Å². The average Bonchev–Trinajstić information content (AvgIpc) is 2.60. The lowest BCUT2D eigenvalue weighted by molar-refractivity contribution is -0.119. The summed E-state index contributed by atoms with van der Waals surface area (Å²) < 4.78 is 10.1. The monoisotopic (exact) mass is 355 g/mol. The number of amides is 1. The zero-order valence-corrected chi connectivity index (χ0v) is 14.9. The van der Waals surface area contributed by atoms with Crippen molar-refractivity contribution in [1.82, 2.24) is 0 Å². The third-order valence-corrected chi connectivity index (χ3v) is 3.45. The van der Waals surface area contributed by atoms with Crippen LogP contribution in [0.2, 0.25) is 0 Å². The molecule has 0 unspecified atom stereocenters. The Hall–Kier alpha value is -3.15. The number of esters is 2. The first kappa shape index (κ1) is 19.2. The fourth-order valence-corrected chi connectivity index (χ4v) is 2.18. The Labute approximate surface area is 152 Å². The van der Waals surface area contributed by atoms with Gasteiger partial charge in [0.1, 0.15) is 0 Å². The third-order valence-electron chi connectivity index (χ3n) is 3.45. The Balaban J connectivity index is 1.87. The molecule has 1 amide bonds. The molecule has 0 fully saturated rings. The number of aryl methyl sites for hydroxylation is 1. The molecule has 0 heterocycles. The third kappa shape index (κ3) is 5.44. The van der Waals surface area contributed by atoms with Gasteiger partial charge in [0.15, 0.2) is 6.61 Å². The summed E-state index contributed by atoms with van der Waals surface area (Å²) in [5.74, 6) is -1.44. The first-order valence-electron chi connectivity index (χ1n) is 8.20. The number of hydrogen-bond acceptors (Lipinski definition) is 5. The van der Waals surface area contributed by atoms with Crippen molar-refractivity contribution in [3.05, 3.63) is 65.2 Å². The molecule has 0 atom stereocenters. The molecule has 0 spiro atoms. The summed E-state index contributed by atoms with van der Waals surface area (Å²) in [5.41, 5.74) is 2.08. The molecule has 136 valence electrons. The summed E-state index contributed by atoms with van der Waals surface area (Å²) in [5, 5.41) is 2.60. The smallest absolute Gasteiger partial charge is 0.338 e. The molecule has 0 aliphatic heterocycles. The van der Waals surface area contributed by atoms with E-state index in [0.29, 0.717) is 16.8 Å². The standard InChI is InChI=1S/C20H21NO5/c1-13(2)26-19(23)15-8-10-16(11-9-15)21-18(22)12-25-20(24)17-7-5-4-6-14(17)3/h4-11,13H,12H2,1-3H3,(H,21,22). The number of rotatable bonds is 6. The van der Waals surface area contributed by atoms with Crippen molar-refractivity contribution in [3.63, 3.8) is 0 Å². The van der Waals surface area contributed by atoms with Crippen LogP contribution in [0.1, 0.15) is 40.1 Å². The summed E-state index contributed by atoms with van der Waals surface area (Å²) in [6.45, 7) is 4.93. The predicted molar refractivity (Wildman–Crippen MR) is 97.1 cm³/mol. The van der Waals surface area contributed by atoms with E-state index in [1.54, 1.807) is 63.2 Å². The average molecular weight is 355 g/mol. The van der Waals surface area contributed by atoms with E-state index >= 15 is 0 Å². The highest BCUT2D eigenvalue weighted by Gasteiger charge is 2.13. The van der Waals surface area contributed by atoms with Gasteiger partial charge in [-0.05, 0) is 56.7 Å². The van der Waals surface area contributed by atoms with Crippen LogP contribution in [0.15, 0.2) is 48.5 Å². The first-order chi connectivity index (χ1) is 12.4. The second kappa shape index (κ2) is 8.80. The van der Waals surface area contributed by atoms with E-state index in [4.69, 9.17) is 9.47 Å². The van der Waals surface area contributed by atoms with Gasteiger partial charge in [0.05, 0.1) is 17.2 Å². The van der Waals surface area contributed by atoms with Gasteiger partial charge in [-0.1, -0.05) is 18.2 Å². The van der Waals surface area contributed by atoms with Crippen molar-refractivity contribution in [1.29, 1.82) is 0 Å². The fraction of sp³-hybridized carbons (Fsp3) is 0.250. The van der Waals surface area contributed by atoms with Crippen molar-refractivity contribution in [3.8, 4) is 0 Å². The SMILES string of the molecule is Cc1ccccc1C(=O)OCC(=O)Nc1ccc(C(=O)OC(C)C)cc1. The maximum Gasteiger partial charge on any atom is 0.338 e. The van der Waals surface area contributed by atoms with E-state index < -0.39 is 24.5 Å². The van der Waals surface area contributed by atoms with Crippen LogP contribution >= 0.6 is 0 Å². The molecule has 2 aromatic carbocycles. The van der Waals surface area contributed by atoms with Crippen LogP contribution in [0.3, 0.4) is 0 Å². The molecule has 1 N–H and O–H groups in total. The quantitative estimate of drug-likeness (QED) is 0.804. The van der Waals surface area contributed by atoms with Gasteiger partial charge in [-0.25, -0.2) is 9.59 Å². The summed E-state index contributed by atoms with van der Waals surface area (Å²) in [7, 11) is 0. The molecular formula is C20H21NO5. The number of carbonyl (C=O) groups excluding carboxylic acids is 3. The molecule has 26 heavy (non-hydrogen) atoms. The second-order valence-electron chi connectivity index (χ2n) is 5.97. The van der Waals surface area contributed by atoms with Crippen LogP contribution < -0.4 is 5.32 Å². The van der Waals surface area contributed by atoms with Gasteiger partial charge in [-0.2, -0.15) is 0 Å². The lowest BCUT2D eigenvalue weighted by atomic mass is 10.1. The van der Waals surface area contributed by atoms with Crippen LogP contribution in [0, 0.1) is 6.92 Å². The Morgan fingerprint density at radius 2 is 1.62 bits per heavy atom. The molecule has 2 aromatic rings. The van der Waals surface area contributed by atoms with Gasteiger partial charge in [0.2, 0.25) is 0 Å². The minimum absolute atomic E-state index is 0.204. The van der Waals surface area contributed by atoms with Gasteiger partial charge < -0.3 is 14.8 Å². The van der Waals surface area contributed by atoms with Crippen molar-refractivity contribution in [2.75, 3.05) is 11.9 Å². The van der Waals surface area contributed by atoms with E-state index in [0.717, 1.165) is 5.56 Å². The second-order valence-corrected chi connectivity index (χ2v) is 5.97. The van der Waals surface area contributed by atoms with E-state index in [-0.39, 0.29) is 6.10 Å². The molecular weight excluding hydrogens is 334 g/mol. The Morgan fingerprint density at radius 3 is 2.23 bits per heavy atom. The van der Waals surface area contributed by atoms with E-state index in [9.17, 15) is 14.4 Å². The van der Waals surface area contributed by atoms with E-state index in [1.165, 1.54) is 0 Å². The topological polar surface area (TPSA) is 81.7 Å². The van der Waals surface area contributed by atoms with Crippen LogP contribution in [0.5, 0.6) is 0 Å². The molecule has 0 saturated heterocycles. The van der Waals surface area contributed by atoms with Gasteiger partial charge in [-0.15, -0.1) is 0 Å². The van der Waals surface area contributed by atoms with Crippen LogP contribution in [0.4, 0.5) is 5.69 Å². The molecule has 0 bridgehead atoms. The number of carbonyl (C=O) groups is 3. The van der Waals surface area contributed by atoms with Crippen molar-refractivity contribution in [2.24, 2.45) is 0 Å². The Morgan fingerprint density at radius 1 is 0.962 bits per heavy atom. The zero-order valence-electron chi connectivity index (χ0n) is 14.9. The molecule has 2 rings (SSSR count). The number of hydrogen-bond donors (Lipinski definition) is 1. The number of nitrogens with one attached hydrogen (secondary N) is 1. The summed E-state index contributed by atoms with van der Waals surface area (Å²) in [4.78, 5) is 35.7. The lowest BCUT2D eigenvalue weighted by Crippen LogP contribution is -2.21. The number of benzene rings is 2. The number of anilines is 1. The van der Waals surface area contributed by atoms with Gasteiger partial charge >= 0.3 is 11.9 Å². The lowest BCUT2D eigenvalue weighted by Gasteiger charge is -2.09. The highest BCUT2D eigenvalue weighted by atomic mass is 16.5. The van der Waals surface area contributed by atoms with E-state index in [1.807, 2.05) is 6.07 Å².